The Morgan fingerprint density at radius 2 is 1.87 bits per heavy atom. The molecule has 228 valence electrons. The summed E-state index contributed by atoms with van der Waals surface area (Å²) in [5.41, 5.74) is 1.98. The first kappa shape index (κ1) is 29.3. The van der Waals surface area contributed by atoms with Crippen LogP contribution < -0.4 is 10.7 Å². The fourth-order valence-corrected chi connectivity index (χ4v) is 7.85. The van der Waals surface area contributed by atoms with E-state index in [0.29, 0.717) is 22.6 Å². The van der Waals surface area contributed by atoms with Crippen molar-refractivity contribution < 1.29 is 23.9 Å². The summed E-state index contributed by atoms with van der Waals surface area (Å²) in [6, 6.07) is 15.4. The lowest BCUT2D eigenvalue weighted by molar-refractivity contribution is -0.151. The molecule has 4 unspecified atom stereocenters. The number of carbonyl (C=O) groups is 3. The molecule has 7 rings (SSSR count). The van der Waals surface area contributed by atoms with Crippen LogP contribution in [0.2, 0.25) is 5.02 Å². The summed E-state index contributed by atoms with van der Waals surface area (Å²) in [4.78, 5) is 62.0. The molecule has 4 atom stereocenters. The van der Waals surface area contributed by atoms with Crippen LogP contribution in [0.4, 0.5) is 0 Å². The molecule has 0 aliphatic carbocycles. The third-order valence-electron chi connectivity index (χ3n) is 9.25. The molecule has 11 heteroatoms. The van der Waals surface area contributed by atoms with Crippen molar-refractivity contribution in [2.24, 2.45) is 11.8 Å². The number of fused-ring (bicyclic) bond motifs is 3. The molecule has 2 aliphatic rings. The van der Waals surface area contributed by atoms with Gasteiger partial charge >= 0.3 is 5.97 Å². The van der Waals surface area contributed by atoms with Crippen molar-refractivity contribution in [1.82, 2.24) is 15.2 Å². The highest BCUT2D eigenvalue weighted by molar-refractivity contribution is 7.09. The quantitative estimate of drug-likeness (QED) is 0.231. The molecule has 0 radical (unpaired) electrons. The normalized spacial score (nSPS) is 22.9. The number of hydrogen-bond donors (Lipinski definition) is 2. The topological polar surface area (TPSA) is 130 Å². The van der Waals surface area contributed by atoms with Gasteiger partial charge in [-0.25, -0.2) is 4.98 Å². The van der Waals surface area contributed by atoms with Crippen LogP contribution in [-0.2, 0) is 27.2 Å². The molecule has 2 saturated heterocycles. The van der Waals surface area contributed by atoms with Gasteiger partial charge in [-0.2, -0.15) is 0 Å². The Morgan fingerprint density at radius 1 is 1.09 bits per heavy atom. The van der Waals surface area contributed by atoms with Crippen LogP contribution in [-0.4, -0.2) is 44.9 Å². The summed E-state index contributed by atoms with van der Waals surface area (Å²) in [7, 11) is 0. The Hall–Kier alpha value is -4.38. The lowest BCUT2D eigenvalue weighted by Gasteiger charge is -2.31. The molecule has 45 heavy (non-hydrogen) atoms. The van der Waals surface area contributed by atoms with Crippen molar-refractivity contribution in [2.45, 2.75) is 38.3 Å². The Kier molecular flexibility index (Phi) is 7.11. The molecular weight excluding hydrogens is 614 g/mol. The van der Waals surface area contributed by atoms with E-state index in [-0.39, 0.29) is 23.9 Å². The molecule has 2 fully saturated rings. The van der Waals surface area contributed by atoms with Gasteiger partial charge in [0.25, 0.3) is 0 Å². The predicted octanol–water partition coefficient (Wildman–Crippen LogP) is 5.23. The van der Waals surface area contributed by atoms with Crippen molar-refractivity contribution in [1.29, 1.82) is 0 Å². The molecule has 4 heterocycles. The molecule has 0 saturated carbocycles. The molecule has 2 aliphatic heterocycles. The number of aromatic nitrogens is 1. The highest BCUT2D eigenvalue weighted by atomic mass is 35.5. The van der Waals surface area contributed by atoms with Crippen molar-refractivity contribution in [2.75, 3.05) is 6.54 Å². The third-order valence-corrected chi connectivity index (χ3v) is 10.6. The summed E-state index contributed by atoms with van der Waals surface area (Å²) in [6.45, 7) is 3.73. The predicted molar refractivity (Wildman–Crippen MR) is 170 cm³/mol. The van der Waals surface area contributed by atoms with Gasteiger partial charge in [0.2, 0.25) is 11.8 Å². The molecule has 5 aromatic rings. The number of aryl methyl sites for hydroxylation is 2. The van der Waals surface area contributed by atoms with Gasteiger partial charge in [-0.05, 0) is 47.9 Å². The number of hydrogen-bond acceptors (Lipinski definition) is 8. The van der Waals surface area contributed by atoms with Crippen molar-refractivity contribution in [3.63, 3.8) is 0 Å². The number of imide groups is 1. The minimum Gasteiger partial charge on any atom is -0.480 e. The van der Waals surface area contributed by atoms with Gasteiger partial charge in [-0.15, -0.1) is 11.3 Å². The van der Waals surface area contributed by atoms with Crippen molar-refractivity contribution in [3.8, 4) is 0 Å². The van der Waals surface area contributed by atoms with E-state index >= 15 is 0 Å². The number of benzene rings is 3. The Balaban J connectivity index is 1.35. The number of carbonyl (C=O) groups excluding carboxylic acids is 2. The zero-order valence-corrected chi connectivity index (χ0v) is 25.9. The van der Waals surface area contributed by atoms with Crippen LogP contribution in [0.15, 0.2) is 75.6 Å². The molecule has 3 aromatic carbocycles. The standard InChI is InChI=1S/C34H28ClN3O6S/c1-17-11-25-22(13-24(17)35)30(39)23(15-44-25)29-27-28(32(41)38(31(27)40)10-9-26-18(2)36-16-45-26)34(37-29,33(42)43)14-19-7-8-20-5-3-4-6-21(20)12-19/h3-8,11-13,15-16,27-29,37H,9-10,14H2,1-2H3,(H,42,43). The van der Waals surface area contributed by atoms with Crippen LogP contribution in [0.1, 0.15) is 33.3 Å². The molecular formula is C34H28ClN3O6S. The van der Waals surface area contributed by atoms with E-state index in [1.807, 2.05) is 49.4 Å². The maximum absolute atomic E-state index is 14.2. The smallest absolute Gasteiger partial charge is 0.325 e. The molecule has 2 amide bonds. The fraction of sp³-hybridized carbons (Fsp3) is 0.265. The van der Waals surface area contributed by atoms with Crippen LogP contribution in [0.5, 0.6) is 0 Å². The number of carboxylic acid groups (broad SMARTS) is 1. The second-order valence-corrected chi connectivity index (χ2v) is 13.2. The van der Waals surface area contributed by atoms with E-state index in [1.165, 1.54) is 23.7 Å². The second-order valence-electron chi connectivity index (χ2n) is 11.8. The van der Waals surface area contributed by atoms with E-state index in [0.717, 1.165) is 31.8 Å². The third kappa shape index (κ3) is 4.67. The largest absolute Gasteiger partial charge is 0.480 e. The van der Waals surface area contributed by atoms with Gasteiger partial charge in [0.05, 0.1) is 46.3 Å². The number of nitrogens with one attached hydrogen (secondary N) is 1. The lowest BCUT2D eigenvalue weighted by atomic mass is 9.76. The minimum absolute atomic E-state index is 0.0698. The Morgan fingerprint density at radius 3 is 2.60 bits per heavy atom. The highest BCUT2D eigenvalue weighted by Crippen LogP contribution is 2.50. The number of amides is 2. The van der Waals surface area contributed by atoms with E-state index in [4.69, 9.17) is 16.0 Å². The summed E-state index contributed by atoms with van der Waals surface area (Å²) in [5.74, 6) is -4.78. The first-order valence-electron chi connectivity index (χ1n) is 14.5. The van der Waals surface area contributed by atoms with Gasteiger partial charge in [-0.1, -0.05) is 54.1 Å². The number of nitrogens with zero attached hydrogens (tertiary/aromatic N) is 2. The summed E-state index contributed by atoms with van der Waals surface area (Å²) in [5, 5.41) is 16.5. The number of halogens is 1. The van der Waals surface area contributed by atoms with E-state index in [1.54, 1.807) is 18.5 Å². The maximum atomic E-state index is 14.2. The molecule has 2 N–H and O–H groups in total. The van der Waals surface area contributed by atoms with Crippen molar-refractivity contribution >= 4 is 62.5 Å². The van der Waals surface area contributed by atoms with E-state index in [9.17, 15) is 24.3 Å². The van der Waals surface area contributed by atoms with E-state index in [2.05, 4.69) is 10.3 Å². The van der Waals surface area contributed by atoms with Gasteiger partial charge in [0.1, 0.15) is 11.1 Å². The average molecular weight is 642 g/mol. The van der Waals surface area contributed by atoms with Crippen LogP contribution in [0, 0.1) is 25.7 Å². The maximum Gasteiger partial charge on any atom is 0.325 e. The average Bonchev–Trinajstić information content (AvgIpc) is 3.66. The number of rotatable bonds is 7. The number of aliphatic carboxylic acids is 1. The van der Waals surface area contributed by atoms with Gasteiger partial charge in [0, 0.05) is 29.3 Å². The van der Waals surface area contributed by atoms with E-state index < -0.39 is 46.6 Å². The number of likely N-dealkylation sites (tertiary alicyclic amines) is 1. The number of carboxylic acids is 1. The summed E-state index contributed by atoms with van der Waals surface area (Å²) < 4.78 is 5.85. The molecule has 9 nitrogen and oxygen atoms in total. The zero-order valence-electron chi connectivity index (χ0n) is 24.4. The lowest BCUT2D eigenvalue weighted by Crippen LogP contribution is -2.57. The molecule has 0 bridgehead atoms. The van der Waals surface area contributed by atoms with Gasteiger partial charge in [0.15, 0.2) is 5.43 Å². The zero-order chi connectivity index (χ0) is 31.6. The van der Waals surface area contributed by atoms with Gasteiger partial charge < -0.3 is 9.52 Å². The Labute approximate surface area is 266 Å². The van der Waals surface area contributed by atoms with Crippen LogP contribution in [0.25, 0.3) is 21.7 Å². The fourth-order valence-electron chi connectivity index (χ4n) is 6.92. The van der Waals surface area contributed by atoms with Crippen LogP contribution in [0.3, 0.4) is 0 Å². The Bertz CT molecular complexity index is 2110. The highest BCUT2D eigenvalue weighted by Gasteiger charge is 2.68. The monoisotopic (exact) mass is 641 g/mol. The van der Waals surface area contributed by atoms with Crippen molar-refractivity contribution in [3.05, 3.63) is 109 Å². The molecule has 0 spiro atoms. The number of thiazole rings is 1. The van der Waals surface area contributed by atoms with Crippen LogP contribution >= 0.6 is 22.9 Å². The summed E-state index contributed by atoms with van der Waals surface area (Å²) in [6.07, 6.45) is 1.57. The first-order valence-corrected chi connectivity index (χ1v) is 15.8. The first-order chi connectivity index (χ1) is 21.6. The summed E-state index contributed by atoms with van der Waals surface area (Å²) >= 11 is 7.78. The van der Waals surface area contributed by atoms with Gasteiger partial charge in [-0.3, -0.25) is 29.4 Å². The SMILES string of the molecule is Cc1cc2occ(C3NC(Cc4ccc5ccccc5c4)(C(=O)O)C4C(=O)N(CCc5scnc5C)C(=O)C34)c(=O)c2cc1Cl. The minimum atomic E-state index is -1.88. The second kappa shape index (κ2) is 10.9. The molecule has 2 aromatic heterocycles.